The van der Waals surface area contributed by atoms with Gasteiger partial charge in [0, 0.05) is 48.9 Å². The lowest BCUT2D eigenvalue weighted by Crippen LogP contribution is -2.37. The van der Waals surface area contributed by atoms with Crippen LogP contribution < -0.4 is 15.1 Å². The normalized spacial score (nSPS) is 20.3. The van der Waals surface area contributed by atoms with Crippen LogP contribution in [0.15, 0.2) is 42.5 Å². The second-order valence-electron chi connectivity index (χ2n) is 8.90. The first-order valence-electron chi connectivity index (χ1n) is 11.3. The van der Waals surface area contributed by atoms with Crippen molar-refractivity contribution in [3.8, 4) is 0 Å². The minimum Gasteiger partial charge on any atom is -0.352 e. The Labute approximate surface area is 186 Å². The van der Waals surface area contributed by atoms with Gasteiger partial charge < -0.3 is 15.1 Å². The molecule has 1 unspecified atom stereocenters. The zero-order chi connectivity index (χ0) is 22.2. The summed E-state index contributed by atoms with van der Waals surface area (Å²) in [6.45, 7) is 1.08. The zero-order valence-corrected chi connectivity index (χ0v) is 17.9. The summed E-state index contributed by atoms with van der Waals surface area (Å²) in [5, 5.41) is 2.75. The van der Waals surface area contributed by atoms with Crippen molar-refractivity contribution in [3.63, 3.8) is 0 Å². The van der Waals surface area contributed by atoms with E-state index >= 15 is 0 Å². The lowest BCUT2D eigenvalue weighted by Gasteiger charge is -2.29. The maximum atomic E-state index is 13.8. The third-order valence-electron chi connectivity index (χ3n) is 6.90. The first-order chi connectivity index (χ1) is 15.5. The SMILES string of the molecule is O=C(NCc1ccccc1F)C1CC(=O)N(c2ccc3c(c2)CCN3C(=O)C2CCC2)C1. The maximum absolute atomic E-state index is 13.8. The van der Waals surface area contributed by atoms with Crippen LogP contribution in [0.3, 0.4) is 0 Å². The molecule has 2 aromatic rings. The fourth-order valence-corrected chi connectivity index (χ4v) is 4.76. The third kappa shape index (κ3) is 3.76. The van der Waals surface area contributed by atoms with Crippen LogP contribution in [-0.2, 0) is 27.3 Å². The van der Waals surface area contributed by atoms with E-state index in [-0.39, 0.29) is 42.4 Å². The van der Waals surface area contributed by atoms with Crippen molar-refractivity contribution < 1.29 is 18.8 Å². The van der Waals surface area contributed by atoms with Gasteiger partial charge in [0.05, 0.1) is 5.92 Å². The van der Waals surface area contributed by atoms with E-state index in [9.17, 15) is 18.8 Å². The third-order valence-corrected chi connectivity index (χ3v) is 6.90. The highest BCUT2D eigenvalue weighted by atomic mass is 19.1. The predicted molar refractivity (Wildman–Crippen MR) is 119 cm³/mol. The molecule has 0 radical (unpaired) electrons. The maximum Gasteiger partial charge on any atom is 0.230 e. The number of carbonyl (C=O) groups excluding carboxylic acids is 3. The molecule has 2 aliphatic heterocycles. The Morgan fingerprint density at radius 2 is 1.91 bits per heavy atom. The van der Waals surface area contributed by atoms with E-state index in [1.807, 2.05) is 23.1 Å². The van der Waals surface area contributed by atoms with Gasteiger partial charge in [-0.05, 0) is 49.1 Å². The number of fused-ring (bicyclic) bond motifs is 1. The smallest absolute Gasteiger partial charge is 0.230 e. The standard InChI is InChI=1S/C25H26FN3O3/c26-21-7-2-1-4-18(21)14-27-24(31)19-13-23(30)29(15-19)20-8-9-22-17(12-20)10-11-28(22)25(32)16-5-3-6-16/h1-2,4,7-9,12,16,19H,3,5-6,10-11,13-15H2,(H,27,31). The van der Waals surface area contributed by atoms with E-state index in [2.05, 4.69) is 5.32 Å². The molecule has 3 aliphatic rings. The molecular weight excluding hydrogens is 409 g/mol. The number of nitrogens with one attached hydrogen (secondary N) is 1. The fourth-order valence-electron chi connectivity index (χ4n) is 4.76. The Morgan fingerprint density at radius 1 is 1.09 bits per heavy atom. The van der Waals surface area contributed by atoms with E-state index in [4.69, 9.17) is 0 Å². The summed E-state index contributed by atoms with van der Waals surface area (Å²) in [5.41, 5.74) is 3.18. The molecule has 0 spiro atoms. The number of hydrogen-bond donors (Lipinski definition) is 1. The Balaban J connectivity index is 1.24. The molecule has 2 heterocycles. The zero-order valence-electron chi connectivity index (χ0n) is 17.9. The van der Waals surface area contributed by atoms with Gasteiger partial charge in [-0.2, -0.15) is 0 Å². The van der Waals surface area contributed by atoms with Crippen LogP contribution in [-0.4, -0.2) is 30.8 Å². The molecular formula is C25H26FN3O3. The monoisotopic (exact) mass is 435 g/mol. The van der Waals surface area contributed by atoms with Gasteiger partial charge in [0.25, 0.3) is 0 Å². The number of carbonyl (C=O) groups is 3. The predicted octanol–water partition coefficient (Wildman–Crippen LogP) is 3.18. The molecule has 1 saturated heterocycles. The first-order valence-corrected chi connectivity index (χ1v) is 11.3. The molecule has 1 aliphatic carbocycles. The number of rotatable bonds is 5. The number of nitrogens with zero attached hydrogens (tertiary/aromatic N) is 2. The quantitative estimate of drug-likeness (QED) is 0.784. The minimum absolute atomic E-state index is 0.0971. The van der Waals surface area contributed by atoms with E-state index < -0.39 is 5.92 Å². The number of benzene rings is 2. The number of hydrogen-bond acceptors (Lipinski definition) is 3. The summed E-state index contributed by atoms with van der Waals surface area (Å²) in [6, 6.07) is 12.1. The molecule has 7 heteroatoms. The van der Waals surface area contributed by atoms with E-state index in [1.54, 1.807) is 23.1 Å². The van der Waals surface area contributed by atoms with Crippen molar-refractivity contribution in [1.29, 1.82) is 0 Å². The Bertz CT molecular complexity index is 1080. The topological polar surface area (TPSA) is 69.7 Å². The molecule has 32 heavy (non-hydrogen) atoms. The van der Waals surface area contributed by atoms with Gasteiger partial charge in [-0.1, -0.05) is 24.6 Å². The van der Waals surface area contributed by atoms with E-state index in [1.165, 1.54) is 6.07 Å². The fraction of sp³-hybridized carbons (Fsp3) is 0.400. The van der Waals surface area contributed by atoms with E-state index in [0.717, 1.165) is 42.6 Å². The van der Waals surface area contributed by atoms with Crippen LogP contribution in [0.25, 0.3) is 0 Å². The van der Waals surface area contributed by atoms with Crippen LogP contribution in [0.5, 0.6) is 0 Å². The van der Waals surface area contributed by atoms with Crippen LogP contribution in [0.1, 0.15) is 36.8 Å². The highest BCUT2D eigenvalue weighted by Crippen LogP contribution is 2.37. The van der Waals surface area contributed by atoms with Gasteiger partial charge in [-0.15, -0.1) is 0 Å². The summed E-state index contributed by atoms with van der Waals surface area (Å²) in [5.74, 6) is -0.811. The highest BCUT2D eigenvalue weighted by Gasteiger charge is 2.37. The summed E-state index contributed by atoms with van der Waals surface area (Å²) in [6.07, 6.45) is 3.99. The van der Waals surface area contributed by atoms with E-state index in [0.29, 0.717) is 18.7 Å². The molecule has 5 rings (SSSR count). The Morgan fingerprint density at radius 3 is 2.66 bits per heavy atom. The van der Waals surface area contributed by atoms with Crippen LogP contribution >= 0.6 is 0 Å². The second-order valence-corrected chi connectivity index (χ2v) is 8.90. The van der Waals surface area contributed by atoms with Crippen LogP contribution in [0, 0.1) is 17.7 Å². The second kappa shape index (κ2) is 8.37. The Hall–Kier alpha value is -3.22. The first kappa shape index (κ1) is 20.7. The lowest BCUT2D eigenvalue weighted by molar-refractivity contribution is -0.126. The van der Waals surface area contributed by atoms with Gasteiger partial charge in [0.1, 0.15) is 5.82 Å². The van der Waals surface area contributed by atoms with Crippen LogP contribution in [0.2, 0.25) is 0 Å². The molecule has 3 amide bonds. The molecule has 0 aromatic heterocycles. The lowest BCUT2D eigenvalue weighted by atomic mass is 9.84. The van der Waals surface area contributed by atoms with Gasteiger partial charge in [0.2, 0.25) is 17.7 Å². The van der Waals surface area contributed by atoms with Crippen molar-refractivity contribution in [2.45, 2.75) is 38.6 Å². The molecule has 0 bridgehead atoms. The molecule has 1 atom stereocenters. The summed E-state index contributed by atoms with van der Waals surface area (Å²) >= 11 is 0. The molecule has 2 fully saturated rings. The van der Waals surface area contributed by atoms with Gasteiger partial charge in [-0.3, -0.25) is 14.4 Å². The van der Waals surface area contributed by atoms with Crippen molar-refractivity contribution >= 4 is 29.1 Å². The van der Waals surface area contributed by atoms with Gasteiger partial charge >= 0.3 is 0 Å². The summed E-state index contributed by atoms with van der Waals surface area (Å²) < 4.78 is 13.8. The summed E-state index contributed by atoms with van der Waals surface area (Å²) in [7, 11) is 0. The molecule has 6 nitrogen and oxygen atoms in total. The largest absolute Gasteiger partial charge is 0.352 e. The van der Waals surface area contributed by atoms with Crippen molar-refractivity contribution in [3.05, 3.63) is 59.4 Å². The molecule has 1 saturated carbocycles. The number of amides is 3. The average Bonchev–Trinajstić information content (AvgIpc) is 3.34. The van der Waals surface area contributed by atoms with Gasteiger partial charge in [-0.25, -0.2) is 4.39 Å². The Kier molecular flexibility index (Phi) is 5.41. The number of halogens is 1. The van der Waals surface area contributed by atoms with Crippen LogP contribution in [0.4, 0.5) is 15.8 Å². The molecule has 166 valence electrons. The molecule has 2 aromatic carbocycles. The number of anilines is 2. The molecule has 1 N–H and O–H groups in total. The highest BCUT2D eigenvalue weighted by molar-refractivity contribution is 6.01. The summed E-state index contributed by atoms with van der Waals surface area (Å²) in [4.78, 5) is 41.5. The minimum atomic E-state index is -0.473. The van der Waals surface area contributed by atoms with Gasteiger partial charge in [0.15, 0.2) is 0 Å². The van der Waals surface area contributed by atoms with Crippen molar-refractivity contribution in [2.75, 3.05) is 22.9 Å². The average molecular weight is 435 g/mol. The van der Waals surface area contributed by atoms with Crippen molar-refractivity contribution in [2.24, 2.45) is 11.8 Å². The van der Waals surface area contributed by atoms with Crippen molar-refractivity contribution in [1.82, 2.24) is 5.32 Å².